The van der Waals surface area contributed by atoms with Crippen LogP contribution in [-0.4, -0.2) is 40.9 Å². The number of anilines is 1. The van der Waals surface area contributed by atoms with Gasteiger partial charge in [0.25, 0.3) is 5.56 Å². The third-order valence-electron chi connectivity index (χ3n) is 3.82. The molecule has 0 amide bonds. The van der Waals surface area contributed by atoms with Gasteiger partial charge in [-0.15, -0.1) is 0 Å². The monoisotopic (exact) mass is 298 g/mol. The summed E-state index contributed by atoms with van der Waals surface area (Å²) in [5.74, 6) is 0.615. The highest BCUT2D eigenvalue weighted by Crippen LogP contribution is 2.19. The first-order chi connectivity index (χ1) is 9.65. The topological polar surface area (TPSA) is 50.2 Å². The van der Waals surface area contributed by atoms with Crippen LogP contribution < -0.4 is 10.9 Å². The number of likely N-dealkylation sites (tertiary alicyclic amines) is 1. The highest BCUT2D eigenvalue weighted by Gasteiger charge is 2.21. The van der Waals surface area contributed by atoms with E-state index in [4.69, 9.17) is 11.6 Å². The molecule has 1 fully saturated rings. The number of halogens is 1. The fourth-order valence-corrected chi connectivity index (χ4v) is 2.79. The Kier molecular flexibility index (Phi) is 5.43. The Morgan fingerprint density at radius 2 is 2.30 bits per heavy atom. The van der Waals surface area contributed by atoms with Gasteiger partial charge in [0.15, 0.2) is 0 Å². The Bertz CT molecular complexity index is 502. The fraction of sp³-hybridized carbons (Fsp3) is 0.714. The zero-order valence-electron chi connectivity index (χ0n) is 12.2. The zero-order valence-corrected chi connectivity index (χ0v) is 13.0. The largest absolute Gasteiger partial charge is 0.382 e. The third-order valence-corrected chi connectivity index (χ3v) is 4.18. The van der Waals surface area contributed by atoms with Crippen LogP contribution in [0.4, 0.5) is 5.69 Å². The summed E-state index contributed by atoms with van der Waals surface area (Å²) < 4.78 is 1.42. The highest BCUT2D eigenvalue weighted by molar-refractivity contribution is 6.32. The van der Waals surface area contributed by atoms with Gasteiger partial charge in [-0.3, -0.25) is 4.79 Å². The summed E-state index contributed by atoms with van der Waals surface area (Å²) in [6, 6.07) is 0. The summed E-state index contributed by atoms with van der Waals surface area (Å²) in [5, 5.41) is 7.68. The van der Waals surface area contributed by atoms with Crippen molar-refractivity contribution in [3.63, 3.8) is 0 Å². The van der Waals surface area contributed by atoms with Crippen molar-refractivity contribution in [1.82, 2.24) is 14.7 Å². The molecule has 112 valence electrons. The molecular weight excluding hydrogens is 276 g/mol. The van der Waals surface area contributed by atoms with Gasteiger partial charge in [-0.25, -0.2) is 4.68 Å². The predicted molar refractivity (Wildman–Crippen MR) is 82.5 cm³/mol. The molecule has 5 nitrogen and oxygen atoms in total. The van der Waals surface area contributed by atoms with E-state index >= 15 is 0 Å². The SMILES string of the molecule is CCCn1ncc(NCC2CCN(CC)C2)c(Cl)c1=O. The second-order valence-electron chi connectivity index (χ2n) is 5.33. The molecule has 1 atom stereocenters. The van der Waals surface area contributed by atoms with Crippen LogP contribution in [0.5, 0.6) is 0 Å². The lowest BCUT2D eigenvalue weighted by Crippen LogP contribution is -2.26. The van der Waals surface area contributed by atoms with Gasteiger partial charge in [0.05, 0.1) is 11.9 Å². The van der Waals surface area contributed by atoms with Crippen LogP contribution in [0.3, 0.4) is 0 Å². The summed E-state index contributed by atoms with van der Waals surface area (Å²) in [4.78, 5) is 14.4. The maximum Gasteiger partial charge on any atom is 0.287 e. The van der Waals surface area contributed by atoms with E-state index in [0.717, 1.165) is 32.6 Å². The van der Waals surface area contributed by atoms with E-state index in [-0.39, 0.29) is 10.6 Å². The molecule has 1 aliphatic rings. The van der Waals surface area contributed by atoms with Crippen LogP contribution in [0.1, 0.15) is 26.7 Å². The maximum absolute atomic E-state index is 12.0. The first-order valence-corrected chi connectivity index (χ1v) is 7.75. The number of nitrogens with one attached hydrogen (secondary N) is 1. The van der Waals surface area contributed by atoms with Gasteiger partial charge in [0.1, 0.15) is 5.02 Å². The maximum atomic E-state index is 12.0. The molecule has 0 saturated carbocycles. The lowest BCUT2D eigenvalue weighted by atomic mass is 10.1. The van der Waals surface area contributed by atoms with E-state index in [0.29, 0.717) is 18.2 Å². The highest BCUT2D eigenvalue weighted by atomic mass is 35.5. The Morgan fingerprint density at radius 3 is 2.95 bits per heavy atom. The minimum Gasteiger partial charge on any atom is -0.382 e. The van der Waals surface area contributed by atoms with Gasteiger partial charge < -0.3 is 10.2 Å². The van der Waals surface area contributed by atoms with Crippen LogP contribution in [0.15, 0.2) is 11.0 Å². The first kappa shape index (κ1) is 15.3. The lowest BCUT2D eigenvalue weighted by molar-refractivity contribution is 0.345. The van der Waals surface area contributed by atoms with E-state index in [1.165, 1.54) is 11.1 Å². The Hall–Kier alpha value is -1.07. The summed E-state index contributed by atoms with van der Waals surface area (Å²) in [7, 11) is 0. The Labute approximate surface area is 124 Å². The number of aryl methyl sites for hydroxylation is 1. The van der Waals surface area contributed by atoms with Crippen molar-refractivity contribution in [2.24, 2.45) is 5.92 Å². The Morgan fingerprint density at radius 1 is 1.50 bits per heavy atom. The van der Waals surface area contributed by atoms with Crippen LogP contribution >= 0.6 is 11.6 Å². The van der Waals surface area contributed by atoms with E-state index in [1.54, 1.807) is 6.20 Å². The summed E-state index contributed by atoms with van der Waals surface area (Å²) in [5.41, 5.74) is 0.444. The summed E-state index contributed by atoms with van der Waals surface area (Å²) >= 11 is 6.13. The minimum absolute atomic E-state index is 0.208. The van der Waals surface area contributed by atoms with Crippen molar-refractivity contribution in [2.45, 2.75) is 33.2 Å². The number of rotatable bonds is 6. The molecule has 2 rings (SSSR count). The van der Waals surface area contributed by atoms with Crippen molar-refractivity contribution < 1.29 is 0 Å². The minimum atomic E-state index is -0.208. The Balaban J connectivity index is 1.97. The molecule has 1 aromatic heterocycles. The second kappa shape index (κ2) is 7.09. The smallest absolute Gasteiger partial charge is 0.287 e. The standard InChI is InChI=1S/C14H23ClN4O/c1-3-6-19-14(20)13(15)12(9-17-19)16-8-11-5-7-18(4-2)10-11/h9,11,16H,3-8,10H2,1-2H3. The molecule has 2 heterocycles. The lowest BCUT2D eigenvalue weighted by Gasteiger charge is -2.15. The molecule has 1 saturated heterocycles. The normalized spacial score (nSPS) is 19.4. The molecule has 0 spiro atoms. The molecular formula is C14H23ClN4O. The van der Waals surface area contributed by atoms with Crippen molar-refractivity contribution in [2.75, 3.05) is 31.5 Å². The average molecular weight is 299 g/mol. The van der Waals surface area contributed by atoms with Crippen molar-refractivity contribution >= 4 is 17.3 Å². The van der Waals surface area contributed by atoms with E-state index < -0.39 is 0 Å². The summed E-state index contributed by atoms with van der Waals surface area (Å²) in [6.07, 6.45) is 3.72. The van der Waals surface area contributed by atoms with Crippen LogP contribution in [0, 0.1) is 5.92 Å². The molecule has 0 bridgehead atoms. The molecule has 0 aromatic carbocycles. The van der Waals surface area contributed by atoms with Crippen molar-refractivity contribution in [3.8, 4) is 0 Å². The zero-order chi connectivity index (χ0) is 14.5. The number of aromatic nitrogens is 2. The second-order valence-corrected chi connectivity index (χ2v) is 5.71. The van der Waals surface area contributed by atoms with Crippen LogP contribution in [-0.2, 0) is 6.54 Å². The molecule has 0 aliphatic carbocycles. The van der Waals surface area contributed by atoms with Gasteiger partial charge >= 0.3 is 0 Å². The van der Waals surface area contributed by atoms with E-state index in [9.17, 15) is 4.79 Å². The van der Waals surface area contributed by atoms with E-state index in [1.807, 2.05) is 6.92 Å². The predicted octanol–water partition coefficient (Wildman–Crippen LogP) is 2.06. The molecule has 1 aromatic rings. The molecule has 1 unspecified atom stereocenters. The number of hydrogen-bond donors (Lipinski definition) is 1. The molecule has 0 radical (unpaired) electrons. The fourth-order valence-electron chi connectivity index (χ4n) is 2.58. The first-order valence-electron chi connectivity index (χ1n) is 7.37. The van der Waals surface area contributed by atoms with Gasteiger partial charge in [0.2, 0.25) is 0 Å². The van der Waals surface area contributed by atoms with Crippen LogP contribution in [0.2, 0.25) is 5.02 Å². The van der Waals surface area contributed by atoms with Crippen molar-refractivity contribution in [1.29, 1.82) is 0 Å². The van der Waals surface area contributed by atoms with Gasteiger partial charge in [-0.05, 0) is 31.8 Å². The quantitative estimate of drug-likeness (QED) is 0.873. The third kappa shape index (κ3) is 3.52. The molecule has 6 heteroatoms. The average Bonchev–Trinajstić information content (AvgIpc) is 2.91. The van der Waals surface area contributed by atoms with Gasteiger partial charge in [-0.2, -0.15) is 5.10 Å². The van der Waals surface area contributed by atoms with Crippen molar-refractivity contribution in [3.05, 3.63) is 21.6 Å². The summed E-state index contributed by atoms with van der Waals surface area (Å²) in [6.45, 7) is 9.01. The molecule has 20 heavy (non-hydrogen) atoms. The van der Waals surface area contributed by atoms with Gasteiger partial charge in [0, 0.05) is 19.6 Å². The number of hydrogen-bond acceptors (Lipinski definition) is 4. The molecule has 1 N–H and O–H groups in total. The van der Waals surface area contributed by atoms with Gasteiger partial charge in [-0.1, -0.05) is 25.4 Å². The van der Waals surface area contributed by atoms with E-state index in [2.05, 4.69) is 22.2 Å². The van der Waals surface area contributed by atoms with Crippen LogP contribution in [0.25, 0.3) is 0 Å². The number of nitrogens with zero attached hydrogens (tertiary/aromatic N) is 3. The molecule has 1 aliphatic heterocycles.